The highest BCUT2D eigenvalue weighted by atomic mass is 16.7. The van der Waals surface area contributed by atoms with E-state index in [0.717, 1.165) is 17.8 Å². The van der Waals surface area contributed by atoms with Gasteiger partial charge >= 0.3 is 0 Å². The molecule has 0 spiro atoms. The summed E-state index contributed by atoms with van der Waals surface area (Å²) in [5, 5.41) is 0. The van der Waals surface area contributed by atoms with Gasteiger partial charge in [-0.05, 0) is 12.8 Å². The largest absolute Gasteiger partial charge is 0.203 e. The Morgan fingerprint density at radius 2 is 0.840 bits per heavy atom. The molecule has 0 aliphatic rings. The van der Waals surface area contributed by atoms with Crippen LogP contribution in [-0.2, 0) is 4.84 Å². The predicted molar refractivity (Wildman–Crippen MR) is 113 cm³/mol. The molecule has 0 aromatic rings. The van der Waals surface area contributed by atoms with Crippen LogP contribution in [0.2, 0.25) is 0 Å². The Morgan fingerprint density at radius 1 is 0.480 bits per heavy atom. The molecule has 0 amide bonds. The van der Waals surface area contributed by atoms with Crippen molar-refractivity contribution in [3.05, 3.63) is 0 Å². The number of rotatable bonds is 20. The monoisotopic (exact) mass is 356 g/mol. The van der Waals surface area contributed by atoms with Gasteiger partial charge in [0.15, 0.2) is 0 Å². The van der Waals surface area contributed by atoms with Crippen molar-refractivity contribution in [2.24, 2.45) is 0 Å². The van der Waals surface area contributed by atoms with Crippen molar-refractivity contribution in [3.8, 4) is 0 Å². The summed E-state index contributed by atoms with van der Waals surface area (Å²) in [4.78, 5) is 5.93. The molecule has 0 fully saturated rings. The summed E-state index contributed by atoms with van der Waals surface area (Å²) < 4.78 is 0.718. The lowest BCUT2D eigenvalue weighted by Crippen LogP contribution is -2.40. The van der Waals surface area contributed by atoms with Gasteiger partial charge in [0.1, 0.15) is 13.2 Å². The Bertz CT molecular complexity index is 252. The van der Waals surface area contributed by atoms with Crippen molar-refractivity contribution in [3.63, 3.8) is 0 Å². The topological polar surface area (TPSA) is 9.23 Å². The lowest BCUT2D eigenvalue weighted by atomic mass is 10.0. The molecule has 0 aliphatic carbocycles. The Balaban J connectivity index is 3.10. The molecule has 0 aliphatic heterocycles. The number of quaternary nitrogens is 1. The summed E-state index contributed by atoms with van der Waals surface area (Å²) >= 11 is 0. The van der Waals surface area contributed by atoms with E-state index in [0.29, 0.717) is 0 Å². The zero-order valence-electron chi connectivity index (χ0n) is 18.3. The van der Waals surface area contributed by atoms with Gasteiger partial charge < -0.3 is 0 Å². The van der Waals surface area contributed by atoms with E-state index in [9.17, 15) is 0 Å². The molecule has 0 radical (unpaired) electrons. The number of nitrogens with zero attached hydrogens (tertiary/aromatic N) is 1. The summed E-state index contributed by atoms with van der Waals surface area (Å²) in [5.74, 6) is 0. The van der Waals surface area contributed by atoms with Gasteiger partial charge in [-0.15, -0.1) is 0 Å². The van der Waals surface area contributed by atoms with Crippen molar-refractivity contribution < 1.29 is 9.48 Å². The first-order valence-corrected chi connectivity index (χ1v) is 11.6. The average molecular weight is 357 g/mol. The van der Waals surface area contributed by atoms with Crippen LogP contribution in [0.4, 0.5) is 0 Å². The molecule has 0 saturated heterocycles. The predicted octanol–water partition coefficient (Wildman–Crippen LogP) is 7.67. The van der Waals surface area contributed by atoms with Crippen LogP contribution in [0.15, 0.2) is 0 Å². The van der Waals surface area contributed by atoms with Gasteiger partial charge in [0.25, 0.3) is 0 Å². The van der Waals surface area contributed by atoms with Gasteiger partial charge in [-0.1, -0.05) is 110 Å². The van der Waals surface area contributed by atoms with Gasteiger partial charge in [0, 0.05) is 0 Å². The van der Waals surface area contributed by atoms with Crippen LogP contribution in [0.3, 0.4) is 0 Å². The van der Waals surface area contributed by atoms with Crippen LogP contribution in [0, 0.1) is 0 Å². The fourth-order valence-corrected chi connectivity index (χ4v) is 3.56. The molecule has 25 heavy (non-hydrogen) atoms. The number of hydrogen-bond donors (Lipinski definition) is 0. The number of hydroxylamine groups is 3. The van der Waals surface area contributed by atoms with Crippen LogP contribution < -0.4 is 0 Å². The van der Waals surface area contributed by atoms with Crippen molar-refractivity contribution >= 4 is 0 Å². The molecule has 0 heterocycles. The highest BCUT2D eigenvalue weighted by Gasteiger charge is 2.14. The number of hydrogen-bond acceptors (Lipinski definition) is 1. The molecule has 2 heteroatoms. The first kappa shape index (κ1) is 24.9. The first-order valence-electron chi connectivity index (χ1n) is 11.6. The van der Waals surface area contributed by atoms with E-state index < -0.39 is 0 Å². The SMILES string of the molecule is CCCCCCCCCCCCCCCCCCO[N+](C)(C)CCC. The molecule has 0 aromatic carbocycles. The van der Waals surface area contributed by atoms with Crippen molar-refractivity contribution in [2.75, 3.05) is 27.2 Å². The van der Waals surface area contributed by atoms with E-state index in [4.69, 9.17) is 4.84 Å². The normalized spacial score (nSPS) is 12.0. The van der Waals surface area contributed by atoms with Crippen LogP contribution in [-0.4, -0.2) is 31.9 Å². The Hall–Kier alpha value is -0.0800. The minimum Gasteiger partial charge on any atom is -0.203 e. The van der Waals surface area contributed by atoms with Gasteiger partial charge in [0.05, 0.1) is 14.1 Å². The van der Waals surface area contributed by atoms with Crippen molar-refractivity contribution in [2.45, 2.75) is 123 Å². The third kappa shape index (κ3) is 20.1. The molecule has 0 rings (SSSR count). The second-order valence-corrected chi connectivity index (χ2v) is 8.43. The van der Waals surface area contributed by atoms with Gasteiger partial charge in [-0.3, -0.25) is 0 Å². The molecule has 0 unspecified atom stereocenters. The first-order chi connectivity index (χ1) is 12.1. The minimum atomic E-state index is 0.718. The van der Waals surface area contributed by atoms with E-state index in [-0.39, 0.29) is 0 Å². The van der Waals surface area contributed by atoms with Gasteiger partial charge in [-0.25, -0.2) is 4.84 Å². The van der Waals surface area contributed by atoms with Gasteiger partial charge in [-0.2, -0.15) is 4.65 Å². The maximum absolute atomic E-state index is 5.93. The molecule has 0 saturated carbocycles. The molecular formula is C23H50NO+. The van der Waals surface area contributed by atoms with Crippen LogP contribution >= 0.6 is 0 Å². The van der Waals surface area contributed by atoms with Gasteiger partial charge in [0.2, 0.25) is 0 Å². The summed E-state index contributed by atoms with van der Waals surface area (Å²) in [7, 11) is 4.33. The molecule has 0 aromatic heterocycles. The number of unbranched alkanes of at least 4 members (excludes halogenated alkanes) is 15. The summed E-state index contributed by atoms with van der Waals surface area (Å²) in [5.41, 5.74) is 0. The molecule has 2 nitrogen and oxygen atoms in total. The molecule has 0 atom stereocenters. The highest BCUT2D eigenvalue weighted by molar-refractivity contribution is 4.49. The smallest absolute Gasteiger partial charge is 0.108 e. The Kier molecular flexibility index (Phi) is 18.6. The highest BCUT2D eigenvalue weighted by Crippen LogP contribution is 2.14. The molecule has 0 N–H and O–H groups in total. The summed E-state index contributed by atoms with van der Waals surface area (Å²) in [6.45, 7) is 6.55. The van der Waals surface area contributed by atoms with E-state index in [1.165, 1.54) is 109 Å². The zero-order chi connectivity index (χ0) is 18.6. The second-order valence-electron chi connectivity index (χ2n) is 8.43. The summed E-state index contributed by atoms with van der Waals surface area (Å²) in [6, 6.07) is 0. The molecule has 152 valence electrons. The molecule has 0 bridgehead atoms. The fourth-order valence-electron chi connectivity index (χ4n) is 3.56. The third-order valence-electron chi connectivity index (χ3n) is 5.20. The Morgan fingerprint density at radius 3 is 1.20 bits per heavy atom. The zero-order valence-corrected chi connectivity index (χ0v) is 18.3. The maximum Gasteiger partial charge on any atom is 0.108 e. The van der Waals surface area contributed by atoms with E-state index in [1.54, 1.807) is 0 Å². The van der Waals surface area contributed by atoms with Crippen molar-refractivity contribution in [1.82, 2.24) is 0 Å². The van der Waals surface area contributed by atoms with Crippen molar-refractivity contribution in [1.29, 1.82) is 0 Å². The van der Waals surface area contributed by atoms with Crippen LogP contribution in [0.5, 0.6) is 0 Å². The van der Waals surface area contributed by atoms with E-state index in [2.05, 4.69) is 27.9 Å². The van der Waals surface area contributed by atoms with E-state index in [1.807, 2.05) is 0 Å². The molecular weight excluding hydrogens is 306 g/mol. The van der Waals surface area contributed by atoms with Crippen LogP contribution in [0.25, 0.3) is 0 Å². The standard InChI is InChI=1S/C23H50NO/c1-5-7-8-9-10-11-12-13-14-15-16-17-18-19-20-21-23-25-24(3,4)22-6-2/h5-23H2,1-4H3/q+1. The van der Waals surface area contributed by atoms with Crippen LogP contribution in [0.1, 0.15) is 123 Å². The maximum atomic E-state index is 5.93. The second kappa shape index (κ2) is 18.7. The summed E-state index contributed by atoms with van der Waals surface area (Å²) in [6.07, 6.45) is 24.0. The quantitative estimate of drug-likeness (QED) is 0.123. The minimum absolute atomic E-state index is 0.718. The average Bonchev–Trinajstić information content (AvgIpc) is 2.57. The lowest BCUT2D eigenvalue weighted by molar-refractivity contribution is -1.08. The Labute approximate surface area is 160 Å². The fraction of sp³-hybridized carbons (Fsp3) is 1.00. The lowest BCUT2D eigenvalue weighted by Gasteiger charge is -2.26. The third-order valence-corrected chi connectivity index (χ3v) is 5.20. The van der Waals surface area contributed by atoms with E-state index >= 15 is 0 Å².